The van der Waals surface area contributed by atoms with E-state index in [2.05, 4.69) is 15.9 Å². The summed E-state index contributed by atoms with van der Waals surface area (Å²) in [6.07, 6.45) is 1.98. The number of rotatable bonds is 1. The van der Waals surface area contributed by atoms with Crippen LogP contribution in [-0.2, 0) is 0 Å². The highest BCUT2D eigenvalue weighted by Gasteiger charge is 2.23. The van der Waals surface area contributed by atoms with Crippen molar-refractivity contribution in [2.45, 2.75) is 17.7 Å². The van der Waals surface area contributed by atoms with Crippen LogP contribution in [0.2, 0.25) is 0 Å². The van der Waals surface area contributed by atoms with Gasteiger partial charge in [-0.25, -0.2) is 4.39 Å². The zero-order chi connectivity index (χ0) is 13.4. The predicted molar refractivity (Wildman–Crippen MR) is 79.6 cm³/mol. The highest BCUT2D eigenvalue weighted by atomic mass is 79.9. The lowest BCUT2D eigenvalue weighted by Gasteiger charge is -2.29. The highest BCUT2D eigenvalue weighted by Crippen LogP contribution is 2.28. The average molecular weight is 342 g/mol. The third-order valence-electron chi connectivity index (χ3n) is 3.40. The second kappa shape index (κ2) is 5.21. The molecule has 100 valence electrons. The topological polar surface area (TPSA) is 20.3 Å². The van der Waals surface area contributed by atoms with Crippen LogP contribution in [-0.4, -0.2) is 28.7 Å². The number of fused-ring (bicyclic) bond motifs is 1. The van der Waals surface area contributed by atoms with Gasteiger partial charge >= 0.3 is 0 Å². The van der Waals surface area contributed by atoms with E-state index in [1.807, 2.05) is 11.0 Å². The van der Waals surface area contributed by atoms with Crippen LogP contribution < -0.4 is 0 Å². The van der Waals surface area contributed by atoms with Gasteiger partial charge in [0.25, 0.3) is 5.91 Å². The maximum Gasteiger partial charge on any atom is 0.263 e. The van der Waals surface area contributed by atoms with Crippen molar-refractivity contribution in [3.63, 3.8) is 0 Å². The molecule has 19 heavy (non-hydrogen) atoms. The van der Waals surface area contributed by atoms with E-state index >= 15 is 0 Å². The molecule has 1 aliphatic rings. The number of likely N-dealkylation sites (tertiary alicyclic amines) is 1. The van der Waals surface area contributed by atoms with Gasteiger partial charge in [0.1, 0.15) is 5.82 Å². The van der Waals surface area contributed by atoms with Crippen LogP contribution in [0.1, 0.15) is 22.5 Å². The smallest absolute Gasteiger partial charge is 0.263 e. The summed E-state index contributed by atoms with van der Waals surface area (Å²) in [7, 11) is 0. The molecule has 3 rings (SSSR count). The van der Waals surface area contributed by atoms with Gasteiger partial charge in [0.05, 0.1) is 4.88 Å². The number of carbonyl (C=O) groups is 1. The summed E-state index contributed by atoms with van der Waals surface area (Å²) >= 11 is 4.95. The number of thiophene rings is 1. The van der Waals surface area contributed by atoms with E-state index in [1.165, 1.54) is 23.5 Å². The summed E-state index contributed by atoms with van der Waals surface area (Å²) in [6.45, 7) is 1.58. The Labute approximate surface area is 123 Å². The van der Waals surface area contributed by atoms with Gasteiger partial charge in [-0.05, 0) is 36.4 Å². The summed E-state index contributed by atoms with van der Waals surface area (Å²) < 4.78 is 14.0. The highest BCUT2D eigenvalue weighted by molar-refractivity contribution is 9.09. The Morgan fingerprint density at radius 1 is 1.32 bits per heavy atom. The van der Waals surface area contributed by atoms with Gasteiger partial charge in [0.15, 0.2) is 0 Å². The third-order valence-corrected chi connectivity index (χ3v) is 5.41. The third kappa shape index (κ3) is 2.67. The van der Waals surface area contributed by atoms with Crippen molar-refractivity contribution in [3.05, 3.63) is 35.0 Å². The second-order valence-electron chi connectivity index (χ2n) is 4.76. The summed E-state index contributed by atoms with van der Waals surface area (Å²) in [5, 5.41) is 0.935. The van der Waals surface area contributed by atoms with Crippen LogP contribution in [0.3, 0.4) is 0 Å². The molecule has 1 aliphatic heterocycles. The van der Waals surface area contributed by atoms with Crippen LogP contribution in [0.25, 0.3) is 10.1 Å². The number of piperidine rings is 1. The molecule has 2 nitrogen and oxygen atoms in total. The van der Waals surface area contributed by atoms with E-state index < -0.39 is 0 Å². The molecular weight excluding hydrogens is 329 g/mol. The van der Waals surface area contributed by atoms with Gasteiger partial charge in [0, 0.05) is 22.6 Å². The number of hydrogen-bond acceptors (Lipinski definition) is 2. The Bertz CT molecular complexity index is 619. The van der Waals surface area contributed by atoms with Gasteiger partial charge in [0.2, 0.25) is 0 Å². The predicted octanol–water partition coefficient (Wildman–Crippen LogP) is 4.04. The second-order valence-corrected chi connectivity index (χ2v) is 7.14. The zero-order valence-electron chi connectivity index (χ0n) is 10.2. The zero-order valence-corrected chi connectivity index (χ0v) is 12.6. The number of amides is 1. The van der Waals surface area contributed by atoms with E-state index in [0.29, 0.717) is 9.70 Å². The first-order valence-corrected chi connectivity index (χ1v) is 7.99. The molecule has 2 heterocycles. The fourth-order valence-electron chi connectivity index (χ4n) is 2.32. The van der Waals surface area contributed by atoms with Crippen molar-refractivity contribution in [2.24, 2.45) is 0 Å². The standard InChI is InChI=1S/C14H13BrFNOS/c15-10-3-5-17(6-4-10)14(18)13-7-9-1-2-11(16)8-12(9)19-13/h1-2,7-8,10H,3-6H2. The molecule has 0 spiro atoms. The van der Waals surface area contributed by atoms with Gasteiger partial charge in [-0.2, -0.15) is 0 Å². The average Bonchev–Trinajstić information content (AvgIpc) is 2.81. The maximum atomic E-state index is 13.2. The van der Waals surface area contributed by atoms with Gasteiger partial charge in [-0.15, -0.1) is 11.3 Å². The van der Waals surface area contributed by atoms with Crippen molar-refractivity contribution in [3.8, 4) is 0 Å². The van der Waals surface area contributed by atoms with E-state index in [1.54, 1.807) is 6.07 Å². The van der Waals surface area contributed by atoms with Crippen molar-refractivity contribution < 1.29 is 9.18 Å². The van der Waals surface area contributed by atoms with Crippen molar-refractivity contribution in [1.29, 1.82) is 0 Å². The Hall–Kier alpha value is -0.940. The maximum absolute atomic E-state index is 13.2. The SMILES string of the molecule is O=C(c1cc2ccc(F)cc2s1)N1CCC(Br)CC1. The van der Waals surface area contributed by atoms with Crippen LogP contribution in [0.4, 0.5) is 4.39 Å². The molecule has 0 aliphatic carbocycles. The molecule has 1 aromatic heterocycles. The number of carbonyl (C=O) groups excluding carboxylic acids is 1. The molecule has 1 saturated heterocycles. The minimum atomic E-state index is -0.256. The first kappa shape index (κ1) is 13.1. The summed E-state index contributed by atoms with van der Waals surface area (Å²) in [6, 6.07) is 6.51. The fraction of sp³-hybridized carbons (Fsp3) is 0.357. The van der Waals surface area contributed by atoms with Gasteiger partial charge in [-0.3, -0.25) is 4.79 Å². The van der Waals surface area contributed by atoms with Crippen molar-refractivity contribution >= 4 is 43.3 Å². The molecule has 5 heteroatoms. The number of benzene rings is 1. The number of halogens is 2. The largest absolute Gasteiger partial charge is 0.338 e. The van der Waals surface area contributed by atoms with Crippen molar-refractivity contribution in [1.82, 2.24) is 4.90 Å². The van der Waals surface area contributed by atoms with Crippen LogP contribution in [0, 0.1) is 5.82 Å². The molecule has 0 N–H and O–H groups in total. The van der Waals surface area contributed by atoms with Crippen LogP contribution in [0.15, 0.2) is 24.3 Å². The quantitative estimate of drug-likeness (QED) is 0.717. The monoisotopic (exact) mass is 341 g/mol. The first-order chi connectivity index (χ1) is 9.13. The Balaban J connectivity index is 1.85. The molecule has 0 saturated carbocycles. The number of nitrogens with zero attached hydrogens (tertiary/aromatic N) is 1. The normalized spacial score (nSPS) is 17.1. The molecule has 1 fully saturated rings. The van der Waals surface area contributed by atoms with E-state index in [9.17, 15) is 9.18 Å². The van der Waals surface area contributed by atoms with E-state index in [-0.39, 0.29) is 11.7 Å². The lowest BCUT2D eigenvalue weighted by molar-refractivity contribution is 0.0733. The molecular formula is C14H13BrFNOS. The van der Waals surface area contributed by atoms with E-state index in [0.717, 1.165) is 36.0 Å². The molecule has 1 aromatic carbocycles. The Morgan fingerprint density at radius 2 is 2.05 bits per heavy atom. The molecule has 0 atom stereocenters. The fourth-order valence-corrected chi connectivity index (χ4v) is 3.78. The molecule has 0 unspecified atom stereocenters. The molecule has 0 radical (unpaired) electrons. The summed E-state index contributed by atoms with van der Waals surface area (Å²) in [4.78, 5) is 15.5. The van der Waals surface area contributed by atoms with Crippen LogP contribution in [0.5, 0.6) is 0 Å². The molecule has 1 amide bonds. The van der Waals surface area contributed by atoms with Crippen LogP contribution >= 0.6 is 27.3 Å². The molecule has 0 bridgehead atoms. The Morgan fingerprint density at radius 3 is 2.79 bits per heavy atom. The van der Waals surface area contributed by atoms with Gasteiger partial charge < -0.3 is 4.90 Å². The van der Waals surface area contributed by atoms with E-state index in [4.69, 9.17) is 0 Å². The minimum absolute atomic E-state index is 0.0704. The summed E-state index contributed by atoms with van der Waals surface area (Å²) in [5.74, 6) is -0.186. The lowest BCUT2D eigenvalue weighted by atomic mass is 10.1. The van der Waals surface area contributed by atoms with Crippen molar-refractivity contribution in [2.75, 3.05) is 13.1 Å². The first-order valence-electron chi connectivity index (χ1n) is 6.26. The number of hydrogen-bond donors (Lipinski definition) is 0. The minimum Gasteiger partial charge on any atom is -0.338 e. The molecule has 2 aromatic rings. The lowest BCUT2D eigenvalue weighted by Crippen LogP contribution is -2.38. The van der Waals surface area contributed by atoms with Gasteiger partial charge in [-0.1, -0.05) is 22.0 Å². The Kier molecular flexibility index (Phi) is 3.58. The summed E-state index contributed by atoms with van der Waals surface area (Å²) in [5.41, 5.74) is 0. The number of alkyl halides is 1.